The van der Waals surface area contributed by atoms with Crippen LogP contribution in [0.2, 0.25) is 5.02 Å². The number of rotatable bonds is 1. The Labute approximate surface area is 173 Å². The first-order chi connectivity index (χ1) is 13.1. The van der Waals surface area contributed by atoms with Crippen LogP contribution in [0.1, 0.15) is 57.7 Å². The molecule has 2 aliphatic heterocycles. The molecule has 2 heterocycles. The molecule has 1 aromatic carbocycles. The molecular formula is C22H31ClN2O3. The Kier molecular flexibility index (Phi) is 5.95. The van der Waals surface area contributed by atoms with Crippen LogP contribution >= 0.6 is 11.6 Å². The number of fused-ring (bicyclic) bond motifs is 2. The molecule has 0 N–H and O–H groups in total. The van der Waals surface area contributed by atoms with Gasteiger partial charge in [0.05, 0.1) is 10.7 Å². The number of carbonyl (C=O) groups is 2. The highest BCUT2D eigenvalue weighted by Gasteiger charge is 2.31. The third-order valence-corrected chi connectivity index (χ3v) is 5.71. The summed E-state index contributed by atoms with van der Waals surface area (Å²) in [6.07, 6.45) is 3.02. The highest BCUT2D eigenvalue weighted by atomic mass is 35.5. The second-order valence-corrected chi connectivity index (χ2v) is 9.43. The van der Waals surface area contributed by atoms with Crippen molar-refractivity contribution in [3.05, 3.63) is 27.8 Å². The summed E-state index contributed by atoms with van der Waals surface area (Å²) in [6, 6.07) is 2.20. The predicted octanol–water partition coefficient (Wildman–Crippen LogP) is 4.61. The van der Waals surface area contributed by atoms with E-state index in [2.05, 4.69) is 6.07 Å². The lowest BCUT2D eigenvalue weighted by Gasteiger charge is -2.33. The van der Waals surface area contributed by atoms with Gasteiger partial charge >= 0.3 is 6.09 Å². The first kappa shape index (κ1) is 21.0. The van der Waals surface area contributed by atoms with Gasteiger partial charge in [0.15, 0.2) is 0 Å². The number of halogens is 1. The van der Waals surface area contributed by atoms with E-state index in [1.54, 1.807) is 4.90 Å². The first-order valence-electron chi connectivity index (χ1n) is 10.2. The largest absolute Gasteiger partial charge is 0.444 e. The number of anilines is 1. The number of aryl methyl sites for hydroxylation is 1. The Bertz CT molecular complexity index is 783. The van der Waals surface area contributed by atoms with E-state index in [1.165, 1.54) is 5.56 Å². The van der Waals surface area contributed by atoms with Gasteiger partial charge in [-0.1, -0.05) is 31.5 Å². The molecule has 0 atom stereocenters. The van der Waals surface area contributed by atoms with Gasteiger partial charge in [-0.2, -0.15) is 0 Å². The van der Waals surface area contributed by atoms with Crippen LogP contribution in [0.25, 0.3) is 0 Å². The van der Waals surface area contributed by atoms with Crippen LogP contribution in [0.3, 0.4) is 0 Å². The molecule has 154 valence electrons. The molecule has 2 aliphatic rings. The van der Waals surface area contributed by atoms with E-state index in [1.807, 2.05) is 39.5 Å². The summed E-state index contributed by atoms with van der Waals surface area (Å²) in [5, 5.41) is 0.687. The maximum Gasteiger partial charge on any atom is 0.410 e. The van der Waals surface area contributed by atoms with Gasteiger partial charge in [0.2, 0.25) is 5.91 Å². The van der Waals surface area contributed by atoms with Gasteiger partial charge in [-0.25, -0.2) is 4.79 Å². The molecule has 28 heavy (non-hydrogen) atoms. The molecule has 3 rings (SSSR count). The summed E-state index contributed by atoms with van der Waals surface area (Å²) in [7, 11) is 0. The van der Waals surface area contributed by atoms with Crippen LogP contribution in [0.5, 0.6) is 0 Å². The van der Waals surface area contributed by atoms with Crippen molar-refractivity contribution in [3.63, 3.8) is 0 Å². The van der Waals surface area contributed by atoms with Crippen molar-refractivity contribution in [3.8, 4) is 0 Å². The van der Waals surface area contributed by atoms with Crippen molar-refractivity contribution in [1.82, 2.24) is 4.90 Å². The second kappa shape index (κ2) is 7.94. The summed E-state index contributed by atoms with van der Waals surface area (Å²) in [6.45, 7) is 11.4. The molecule has 1 aromatic rings. The van der Waals surface area contributed by atoms with Crippen LogP contribution in [0.4, 0.5) is 10.5 Å². The Morgan fingerprint density at radius 2 is 1.75 bits per heavy atom. The second-order valence-electron chi connectivity index (χ2n) is 9.05. The van der Waals surface area contributed by atoms with E-state index >= 15 is 0 Å². The van der Waals surface area contributed by atoms with Crippen LogP contribution in [0.15, 0.2) is 6.07 Å². The van der Waals surface area contributed by atoms with Crippen molar-refractivity contribution in [1.29, 1.82) is 0 Å². The van der Waals surface area contributed by atoms with E-state index < -0.39 is 5.60 Å². The molecule has 6 heteroatoms. The number of hydrogen-bond donors (Lipinski definition) is 0. The molecule has 0 bridgehead atoms. The lowest BCUT2D eigenvalue weighted by molar-refractivity contribution is -0.121. The van der Waals surface area contributed by atoms with E-state index in [9.17, 15) is 9.59 Å². The van der Waals surface area contributed by atoms with E-state index in [0.29, 0.717) is 31.1 Å². The fourth-order valence-corrected chi connectivity index (χ4v) is 4.40. The Hall–Kier alpha value is -1.75. The monoisotopic (exact) mass is 406 g/mol. The normalized spacial score (nSPS) is 17.1. The zero-order chi connectivity index (χ0) is 20.6. The van der Waals surface area contributed by atoms with Crippen LogP contribution in [0, 0.1) is 5.92 Å². The van der Waals surface area contributed by atoms with Gasteiger partial charge in [0.25, 0.3) is 0 Å². The number of hydrogen-bond acceptors (Lipinski definition) is 3. The minimum atomic E-state index is -0.509. The average molecular weight is 407 g/mol. The van der Waals surface area contributed by atoms with E-state index in [0.717, 1.165) is 36.1 Å². The van der Waals surface area contributed by atoms with Crippen LogP contribution in [-0.4, -0.2) is 42.1 Å². The number of carbonyl (C=O) groups excluding carboxylic acids is 2. The molecule has 0 unspecified atom stereocenters. The smallest absolute Gasteiger partial charge is 0.410 e. The van der Waals surface area contributed by atoms with Crippen molar-refractivity contribution in [2.24, 2.45) is 5.92 Å². The van der Waals surface area contributed by atoms with Crippen molar-refractivity contribution >= 4 is 29.3 Å². The maximum atomic E-state index is 12.7. The van der Waals surface area contributed by atoms with Gasteiger partial charge in [0.1, 0.15) is 5.60 Å². The molecule has 0 saturated heterocycles. The molecule has 0 fully saturated rings. The topological polar surface area (TPSA) is 49.9 Å². The van der Waals surface area contributed by atoms with Crippen molar-refractivity contribution in [2.75, 3.05) is 24.5 Å². The minimum absolute atomic E-state index is 0.0662. The first-order valence-corrected chi connectivity index (χ1v) is 10.6. The zero-order valence-electron chi connectivity index (χ0n) is 17.6. The summed E-state index contributed by atoms with van der Waals surface area (Å²) in [5.41, 5.74) is 3.78. The quantitative estimate of drug-likeness (QED) is 0.684. The Morgan fingerprint density at radius 1 is 1.07 bits per heavy atom. The lowest BCUT2D eigenvalue weighted by Crippen LogP contribution is -2.38. The number of amides is 2. The van der Waals surface area contributed by atoms with Gasteiger partial charge in [0, 0.05) is 25.6 Å². The van der Waals surface area contributed by atoms with Crippen molar-refractivity contribution < 1.29 is 14.3 Å². The lowest BCUT2D eigenvalue weighted by atomic mass is 9.92. The molecule has 5 nitrogen and oxygen atoms in total. The third kappa shape index (κ3) is 4.29. The average Bonchev–Trinajstić information content (AvgIpc) is 2.82. The molecular weight excluding hydrogens is 376 g/mol. The third-order valence-electron chi connectivity index (χ3n) is 5.31. The standard InChI is InChI=1S/C22H31ClN2O3/c1-14(2)20(26)25-10-6-7-16-13-15-8-11-24(21(27)28-22(3,4)5)12-9-17(15)18(23)19(16)25/h13-14H,6-12H2,1-5H3. The molecule has 2 amide bonds. The summed E-state index contributed by atoms with van der Waals surface area (Å²) < 4.78 is 5.54. The Morgan fingerprint density at radius 3 is 2.39 bits per heavy atom. The van der Waals surface area contributed by atoms with Gasteiger partial charge < -0.3 is 14.5 Å². The zero-order valence-corrected chi connectivity index (χ0v) is 18.4. The number of ether oxygens (including phenoxy) is 1. The summed E-state index contributed by atoms with van der Waals surface area (Å²) in [5.74, 6) is 0.0512. The maximum absolute atomic E-state index is 12.7. The van der Waals surface area contributed by atoms with E-state index in [4.69, 9.17) is 16.3 Å². The summed E-state index contributed by atoms with van der Waals surface area (Å²) >= 11 is 6.87. The van der Waals surface area contributed by atoms with Crippen LogP contribution < -0.4 is 4.90 Å². The van der Waals surface area contributed by atoms with Gasteiger partial charge in [-0.15, -0.1) is 0 Å². The molecule has 0 spiro atoms. The van der Waals surface area contributed by atoms with Gasteiger partial charge in [-0.3, -0.25) is 4.79 Å². The Balaban J connectivity index is 1.89. The predicted molar refractivity (Wildman–Crippen MR) is 112 cm³/mol. The molecule has 0 aliphatic carbocycles. The minimum Gasteiger partial charge on any atom is -0.444 e. The van der Waals surface area contributed by atoms with E-state index in [-0.39, 0.29) is 17.9 Å². The van der Waals surface area contributed by atoms with Crippen LogP contribution in [-0.2, 0) is 28.8 Å². The number of nitrogens with zero attached hydrogens (tertiary/aromatic N) is 2. The number of benzene rings is 1. The fraction of sp³-hybridized carbons (Fsp3) is 0.636. The molecule has 0 saturated carbocycles. The molecule has 0 radical (unpaired) electrons. The van der Waals surface area contributed by atoms with Crippen molar-refractivity contribution in [2.45, 2.75) is 65.9 Å². The highest BCUT2D eigenvalue weighted by molar-refractivity contribution is 6.35. The highest BCUT2D eigenvalue weighted by Crippen LogP contribution is 2.40. The van der Waals surface area contributed by atoms with Gasteiger partial charge in [-0.05, 0) is 63.1 Å². The fourth-order valence-electron chi connectivity index (χ4n) is 3.96. The molecule has 0 aromatic heterocycles. The SMILES string of the molecule is CC(C)C(=O)N1CCCc2cc3c(c(Cl)c21)CCN(C(=O)OC(C)(C)C)CC3. The summed E-state index contributed by atoms with van der Waals surface area (Å²) in [4.78, 5) is 28.8.